The third kappa shape index (κ3) is 3.45. The summed E-state index contributed by atoms with van der Waals surface area (Å²) in [6.07, 6.45) is 2.84. The van der Waals surface area contributed by atoms with E-state index in [0.29, 0.717) is 17.4 Å². The number of piperidine rings is 1. The first-order valence-electron chi connectivity index (χ1n) is 8.75. The van der Waals surface area contributed by atoms with E-state index in [1.807, 2.05) is 6.07 Å². The largest absolute Gasteiger partial charge is 0.480 e. The van der Waals surface area contributed by atoms with Crippen molar-refractivity contribution in [1.29, 1.82) is 0 Å². The summed E-state index contributed by atoms with van der Waals surface area (Å²) < 4.78 is 33.3. The van der Waals surface area contributed by atoms with Crippen LogP contribution in [0.5, 0.6) is 5.88 Å². The summed E-state index contributed by atoms with van der Waals surface area (Å²) in [7, 11) is 1.49. The molecule has 0 aliphatic carbocycles. The molecule has 8 nitrogen and oxygen atoms in total. The van der Waals surface area contributed by atoms with Gasteiger partial charge in [0.1, 0.15) is 0 Å². The van der Waals surface area contributed by atoms with Gasteiger partial charge < -0.3 is 14.6 Å². The van der Waals surface area contributed by atoms with Crippen LogP contribution in [-0.4, -0.2) is 61.9 Å². The second-order valence-corrected chi connectivity index (χ2v) is 6.51. The van der Waals surface area contributed by atoms with Crippen LogP contribution in [0.4, 0.5) is 8.78 Å². The number of carbonyl (C=O) groups is 1. The summed E-state index contributed by atoms with van der Waals surface area (Å²) in [5, 5.41) is 12.4. The predicted octanol–water partition coefficient (Wildman–Crippen LogP) is 2.54. The highest BCUT2D eigenvalue weighted by atomic mass is 19.3. The van der Waals surface area contributed by atoms with Gasteiger partial charge in [0, 0.05) is 50.0 Å². The maximum absolute atomic E-state index is 13.4. The number of methoxy groups -OCH3 is 1. The molecule has 28 heavy (non-hydrogen) atoms. The number of nitrogens with zero attached hydrogens (tertiary/aromatic N) is 5. The molecular weight excluding hydrogens is 370 g/mol. The Morgan fingerprint density at radius 1 is 1.21 bits per heavy atom. The van der Waals surface area contributed by atoms with E-state index in [1.54, 1.807) is 30.6 Å². The number of ether oxygens (including phenoxy) is 1. The number of halogens is 2. The molecule has 1 aliphatic heterocycles. The summed E-state index contributed by atoms with van der Waals surface area (Å²) in [4.78, 5) is 17.2. The number of H-pyrrole nitrogens is 1. The van der Waals surface area contributed by atoms with Gasteiger partial charge in [0.25, 0.3) is 11.8 Å². The third-order valence-corrected chi connectivity index (χ3v) is 4.66. The first-order chi connectivity index (χ1) is 13.5. The number of hydrogen-bond donors (Lipinski definition) is 1. The van der Waals surface area contributed by atoms with Gasteiger partial charge in [-0.25, -0.2) is 13.5 Å². The van der Waals surface area contributed by atoms with Gasteiger partial charge in [-0.1, -0.05) is 0 Å². The van der Waals surface area contributed by atoms with Crippen molar-refractivity contribution < 1.29 is 18.3 Å². The molecule has 1 saturated heterocycles. The topological polar surface area (TPSA) is 88.9 Å². The fourth-order valence-corrected chi connectivity index (χ4v) is 3.08. The number of nitrogens with one attached hydrogen (secondary N) is 1. The van der Waals surface area contributed by atoms with Gasteiger partial charge in [0.15, 0.2) is 11.5 Å². The van der Waals surface area contributed by atoms with Crippen LogP contribution in [0, 0.1) is 0 Å². The molecule has 0 bridgehead atoms. The van der Waals surface area contributed by atoms with Gasteiger partial charge in [-0.3, -0.25) is 4.79 Å². The third-order valence-electron chi connectivity index (χ3n) is 4.66. The van der Waals surface area contributed by atoms with Crippen LogP contribution in [0.3, 0.4) is 0 Å². The number of aromatic nitrogens is 5. The van der Waals surface area contributed by atoms with Gasteiger partial charge in [0.2, 0.25) is 5.88 Å². The zero-order valence-electron chi connectivity index (χ0n) is 15.1. The Labute approximate surface area is 159 Å². The monoisotopic (exact) mass is 388 g/mol. The number of alkyl halides is 2. The van der Waals surface area contributed by atoms with E-state index in [4.69, 9.17) is 4.74 Å². The summed E-state index contributed by atoms with van der Waals surface area (Å²) in [6.45, 7) is 0.00104. The Balaban J connectivity index is 1.68. The molecule has 4 heterocycles. The lowest BCUT2D eigenvalue weighted by Gasteiger charge is -2.31. The lowest BCUT2D eigenvalue weighted by atomic mass is 10.1. The predicted molar refractivity (Wildman–Crippen MR) is 95.6 cm³/mol. The van der Waals surface area contributed by atoms with E-state index in [2.05, 4.69) is 20.3 Å². The van der Waals surface area contributed by atoms with Crippen LogP contribution in [0.2, 0.25) is 0 Å². The number of rotatable bonds is 4. The van der Waals surface area contributed by atoms with Crippen molar-refractivity contribution in [2.24, 2.45) is 0 Å². The average molecular weight is 388 g/mol. The van der Waals surface area contributed by atoms with E-state index < -0.39 is 5.92 Å². The lowest BCUT2D eigenvalue weighted by Crippen LogP contribution is -2.42. The van der Waals surface area contributed by atoms with Crippen LogP contribution in [0.1, 0.15) is 23.3 Å². The molecule has 4 rings (SSSR count). The van der Waals surface area contributed by atoms with Crippen molar-refractivity contribution in [3.8, 4) is 23.0 Å². The summed E-state index contributed by atoms with van der Waals surface area (Å²) >= 11 is 0. The highest BCUT2D eigenvalue weighted by molar-refractivity contribution is 5.93. The molecule has 1 fully saturated rings. The van der Waals surface area contributed by atoms with Gasteiger partial charge in [-0.2, -0.15) is 5.10 Å². The molecular formula is C18H18F2N6O2. The van der Waals surface area contributed by atoms with Crippen LogP contribution in [0.25, 0.3) is 17.1 Å². The Bertz CT molecular complexity index is 959. The van der Waals surface area contributed by atoms with Crippen LogP contribution < -0.4 is 4.74 Å². The molecule has 0 radical (unpaired) electrons. The van der Waals surface area contributed by atoms with E-state index in [9.17, 15) is 13.6 Å². The zero-order chi connectivity index (χ0) is 19.7. The van der Waals surface area contributed by atoms with Crippen LogP contribution in [-0.2, 0) is 0 Å². The van der Waals surface area contributed by atoms with Crippen molar-refractivity contribution in [3.63, 3.8) is 0 Å². The molecule has 1 amide bonds. The second kappa shape index (κ2) is 7.02. The number of hydrogen-bond acceptors (Lipinski definition) is 5. The molecule has 146 valence electrons. The van der Waals surface area contributed by atoms with Crippen molar-refractivity contribution in [2.45, 2.75) is 18.8 Å². The standard InChI is InChI=1S/C18H18F2N6O2/c1-28-16-3-2-15(22-23-16)26-14(12-4-7-21-11-12)10-13(24-26)17(27)25-8-5-18(19,20)6-9-25/h2-4,7,10-11,21H,5-6,8-9H2,1H3. The maximum atomic E-state index is 13.4. The molecule has 1 N–H and O–H groups in total. The quantitative estimate of drug-likeness (QED) is 0.742. The van der Waals surface area contributed by atoms with Crippen LogP contribution >= 0.6 is 0 Å². The first-order valence-corrected chi connectivity index (χ1v) is 8.75. The first kappa shape index (κ1) is 18.1. The van der Waals surface area contributed by atoms with E-state index >= 15 is 0 Å². The number of likely N-dealkylation sites (tertiary alicyclic amines) is 1. The molecule has 0 aromatic carbocycles. The number of aromatic amines is 1. The SMILES string of the molecule is COc1ccc(-n2nc(C(=O)N3CCC(F)(F)CC3)cc2-c2cc[nH]c2)nn1. The lowest BCUT2D eigenvalue weighted by molar-refractivity contribution is -0.0495. The molecule has 3 aromatic heterocycles. The minimum absolute atomic E-state index is 0.000519. The minimum Gasteiger partial charge on any atom is -0.480 e. The molecule has 10 heteroatoms. The fraction of sp³-hybridized carbons (Fsp3) is 0.333. The van der Waals surface area contributed by atoms with Gasteiger partial charge in [-0.05, 0) is 18.2 Å². The average Bonchev–Trinajstić information content (AvgIpc) is 3.37. The molecule has 3 aromatic rings. The summed E-state index contributed by atoms with van der Waals surface area (Å²) in [5.41, 5.74) is 1.60. The zero-order valence-corrected chi connectivity index (χ0v) is 15.1. The highest BCUT2D eigenvalue weighted by Gasteiger charge is 2.36. The van der Waals surface area contributed by atoms with Crippen molar-refractivity contribution in [3.05, 3.63) is 42.4 Å². The Morgan fingerprint density at radius 3 is 2.61 bits per heavy atom. The van der Waals surface area contributed by atoms with Gasteiger partial charge >= 0.3 is 0 Å². The molecule has 0 saturated carbocycles. The van der Waals surface area contributed by atoms with Gasteiger partial charge in [0.05, 0.1) is 12.8 Å². The molecule has 0 atom stereocenters. The highest BCUT2D eigenvalue weighted by Crippen LogP contribution is 2.29. The molecule has 0 unspecified atom stereocenters. The van der Waals surface area contributed by atoms with E-state index in [1.165, 1.54) is 16.7 Å². The number of amides is 1. The smallest absolute Gasteiger partial charge is 0.274 e. The van der Waals surface area contributed by atoms with Crippen molar-refractivity contribution in [1.82, 2.24) is 29.9 Å². The number of carbonyl (C=O) groups excluding carboxylic acids is 1. The van der Waals surface area contributed by atoms with E-state index in [-0.39, 0.29) is 37.5 Å². The second-order valence-electron chi connectivity index (χ2n) is 6.51. The van der Waals surface area contributed by atoms with Crippen molar-refractivity contribution in [2.75, 3.05) is 20.2 Å². The normalized spacial score (nSPS) is 16.2. The molecule has 0 spiro atoms. The Hall–Kier alpha value is -3.30. The molecule has 1 aliphatic rings. The van der Waals surface area contributed by atoms with E-state index in [0.717, 1.165) is 5.56 Å². The Morgan fingerprint density at radius 2 is 2.00 bits per heavy atom. The Kier molecular flexibility index (Phi) is 4.54. The minimum atomic E-state index is -2.72. The fourth-order valence-electron chi connectivity index (χ4n) is 3.08. The summed E-state index contributed by atoms with van der Waals surface area (Å²) in [5.74, 6) is -2.34. The summed E-state index contributed by atoms with van der Waals surface area (Å²) in [6, 6.07) is 6.77. The van der Waals surface area contributed by atoms with Crippen molar-refractivity contribution >= 4 is 5.91 Å². The van der Waals surface area contributed by atoms with Gasteiger partial charge in [-0.15, -0.1) is 10.2 Å². The maximum Gasteiger partial charge on any atom is 0.274 e. The van der Waals surface area contributed by atoms with Crippen LogP contribution in [0.15, 0.2) is 36.7 Å².